The molecule has 152 valence electrons. The van der Waals surface area contributed by atoms with Crippen molar-refractivity contribution in [3.8, 4) is 5.69 Å². The average Bonchev–Trinajstić information content (AvgIpc) is 3.07. The topological polar surface area (TPSA) is 106 Å². The molecule has 0 atom stereocenters. The zero-order valence-corrected chi connectivity index (χ0v) is 16.8. The van der Waals surface area contributed by atoms with Crippen molar-refractivity contribution in [3.05, 3.63) is 45.8 Å². The number of non-ortho nitro benzene ring substituents is 1. The SMILES string of the molecule is CCCN(C(=O)c1nnn(-c2cccc([N+](=O)[O-])c2)c1C)C1CCNCC1.Cl. The number of amides is 1. The summed E-state index contributed by atoms with van der Waals surface area (Å²) >= 11 is 0. The van der Waals surface area contributed by atoms with Crippen molar-refractivity contribution in [2.75, 3.05) is 19.6 Å². The second-order valence-electron chi connectivity index (χ2n) is 6.69. The predicted molar refractivity (Wildman–Crippen MR) is 107 cm³/mol. The van der Waals surface area contributed by atoms with Crippen LogP contribution in [-0.4, -0.2) is 56.4 Å². The molecule has 0 unspecified atom stereocenters. The molecule has 2 heterocycles. The lowest BCUT2D eigenvalue weighted by atomic mass is 10.0. The van der Waals surface area contributed by atoms with Crippen LogP contribution in [0.25, 0.3) is 5.69 Å². The van der Waals surface area contributed by atoms with Crippen LogP contribution in [0.2, 0.25) is 0 Å². The fraction of sp³-hybridized carbons (Fsp3) is 0.500. The van der Waals surface area contributed by atoms with E-state index in [1.807, 2.05) is 11.8 Å². The summed E-state index contributed by atoms with van der Waals surface area (Å²) in [5, 5.41) is 22.5. The minimum atomic E-state index is -0.456. The number of hydrogen-bond donors (Lipinski definition) is 1. The number of nitro benzene ring substituents is 1. The second-order valence-corrected chi connectivity index (χ2v) is 6.69. The number of nitro groups is 1. The molecular weight excluding hydrogens is 384 g/mol. The number of piperidine rings is 1. The van der Waals surface area contributed by atoms with Gasteiger partial charge in [0.25, 0.3) is 11.6 Å². The Hall–Kier alpha value is -2.52. The molecule has 1 aromatic carbocycles. The van der Waals surface area contributed by atoms with Gasteiger partial charge in [0.1, 0.15) is 0 Å². The normalized spacial score (nSPS) is 14.4. The number of carbonyl (C=O) groups is 1. The summed E-state index contributed by atoms with van der Waals surface area (Å²) in [5.41, 5.74) is 1.36. The highest BCUT2D eigenvalue weighted by molar-refractivity contribution is 5.93. The van der Waals surface area contributed by atoms with Crippen molar-refractivity contribution in [1.29, 1.82) is 0 Å². The standard InChI is InChI=1S/C18H24N6O3.ClH/c1-3-11-22(14-7-9-19-10-8-14)18(25)17-13(2)23(21-20-17)15-5-4-6-16(12-15)24(26)27;/h4-6,12,14,19H,3,7-11H2,1-2H3;1H. The van der Waals surface area contributed by atoms with Gasteiger partial charge in [-0.3, -0.25) is 14.9 Å². The molecule has 1 amide bonds. The van der Waals surface area contributed by atoms with Crippen molar-refractivity contribution in [1.82, 2.24) is 25.2 Å². The molecule has 0 spiro atoms. The molecule has 1 aliphatic heterocycles. The quantitative estimate of drug-likeness (QED) is 0.581. The van der Waals surface area contributed by atoms with E-state index in [1.54, 1.807) is 19.1 Å². The highest BCUT2D eigenvalue weighted by atomic mass is 35.5. The first-order valence-corrected chi connectivity index (χ1v) is 9.21. The zero-order valence-electron chi connectivity index (χ0n) is 16.0. The van der Waals surface area contributed by atoms with Gasteiger partial charge in [-0.1, -0.05) is 18.2 Å². The van der Waals surface area contributed by atoms with Crippen molar-refractivity contribution >= 4 is 24.0 Å². The smallest absolute Gasteiger partial charge is 0.276 e. The van der Waals surface area contributed by atoms with E-state index in [-0.39, 0.29) is 30.0 Å². The van der Waals surface area contributed by atoms with Crippen LogP contribution in [0.5, 0.6) is 0 Å². The molecule has 1 aliphatic rings. The Morgan fingerprint density at radius 1 is 1.39 bits per heavy atom. The third-order valence-corrected chi connectivity index (χ3v) is 4.86. The van der Waals surface area contributed by atoms with Gasteiger partial charge in [-0.05, 0) is 45.3 Å². The molecule has 10 heteroatoms. The van der Waals surface area contributed by atoms with Crippen LogP contribution in [0.15, 0.2) is 24.3 Å². The summed E-state index contributed by atoms with van der Waals surface area (Å²) in [7, 11) is 0. The minimum absolute atomic E-state index is 0. The van der Waals surface area contributed by atoms with Gasteiger partial charge in [-0.2, -0.15) is 0 Å². The predicted octanol–water partition coefficient (Wildman–Crippen LogP) is 2.51. The monoisotopic (exact) mass is 408 g/mol. The van der Waals surface area contributed by atoms with Gasteiger partial charge in [-0.15, -0.1) is 17.5 Å². The number of hydrogen-bond acceptors (Lipinski definition) is 6. The lowest BCUT2D eigenvalue weighted by Crippen LogP contribution is -2.46. The summed E-state index contributed by atoms with van der Waals surface area (Å²) in [4.78, 5) is 25.6. The fourth-order valence-electron chi connectivity index (χ4n) is 3.46. The fourth-order valence-corrected chi connectivity index (χ4v) is 3.46. The average molecular weight is 409 g/mol. The van der Waals surface area contributed by atoms with Gasteiger partial charge in [0, 0.05) is 24.7 Å². The molecule has 2 aromatic rings. The lowest BCUT2D eigenvalue weighted by Gasteiger charge is -2.34. The molecule has 28 heavy (non-hydrogen) atoms. The van der Waals surface area contributed by atoms with Crippen LogP contribution in [-0.2, 0) is 0 Å². The van der Waals surface area contributed by atoms with E-state index in [0.29, 0.717) is 23.6 Å². The van der Waals surface area contributed by atoms with Crippen LogP contribution >= 0.6 is 12.4 Å². The highest BCUT2D eigenvalue weighted by Gasteiger charge is 2.29. The van der Waals surface area contributed by atoms with Gasteiger partial charge in [0.2, 0.25) is 0 Å². The van der Waals surface area contributed by atoms with E-state index < -0.39 is 4.92 Å². The van der Waals surface area contributed by atoms with E-state index in [0.717, 1.165) is 32.4 Å². The van der Waals surface area contributed by atoms with Crippen LogP contribution < -0.4 is 5.32 Å². The Labute approximate surface area is 169 Å². The van der Waals surface area contributed by atoms with E-state index >= 15 is 0 Å². The van der Waals surface area contributed by atoms with E-state index in [2.05, 4.69) is 15.6 Å². The first-order valence-electron chi connectivity index (χ1n) is 9.21. The van der Waals surface area contributed by atoms with Gasteiger partial charge >= 0.3 is 0 Å². The Bertz CT molecular complexity index is 834. The highest BCUT2D eigenvalue weighted by Crippen LogP contribution is 2.21. The second kappa shape index (κ2) is 9.61. The molecule has 1 N–H and O–H groups in total. The minimum Gasteiger partial charge on any atom is -0.334 e. The Morgan fingerprint density at radius 2 is 2.11 bits per heavy atom. The van der Waals surface area contributed by atoms with Gasteiger partial charge in [-0.25, -0.2) is 4.68 Å². The number of carbonyl (C=O) groups excluding carboxylic acids is 1. The molecule has 1 saturated heterocycles. The van der Waals surface area contributed by atoms with E-state index in [9.17, 15) is 14.9 Å². The van der Waals surface area contributed by atoms with Crippen molar-refractivity contribution in [3.63, 3.8) is 0 Å². The number of benzene rings is 1. The Balaban J connectivity index is 0.00000280. The molecule has 9 nitrogen and oxygen atoms in total. The largest absolute Gasteiger partial charge is 0.334 e. The maximum absolute atomic E-state index is 13.2. The molecule has 1 aromatic heterocycles. The molecule has 0 saturated carbocycles. The van der Waals surface area contributed by atoms with Crippen molar-refractivity contribution < 1.29 is 9.72 Å². The number of rotatable bonds is 6. The van der Waals surface area contributed by atoms with Gasteiger partial charge < -0.3 is 10.2 Å². The number of nitrogens with one attached hydrogen (secondary N) is 1. The molecule has 1 fully saturated rings. The van der Waals surface area contributed by atoms with Crippen LogP contribution in [0.3, 0.4) is 0 Å². The van der Waals surface area contributed by atoms with Crippen molar-refractivity contribution in [2.45, 2.75) is 39.2 Å². The molecule has 0 radical (unpaired) electrons. The Kier molecular flexibility index (Phi) is 7.47. The maximum Gasteiger partial charge on any atom is 0.276 e. The summed E-state index contributed by atoms with van der Waals surface area (Å²) in [6, 6.07) is 6.34. The summed E-state index contributed by atoms with van der Waals surface area (Å²) in [6.45, 7) is 6.29. The van der Waals surface area contributed by atoms with Crippen LogP contribution in [0.4, 0.5) is 5.69 Å². The first-order chi connectivity index (χ1) is 13.0. The van der Waals surface area contributed by atoms with Gasteiger partial charge in [0.05, 0.1) is 16.3 Å². The maximum atomic E-state index is 13.2. The molecular formula is C18H25ClN6O3. The summed E-state index contributed by atoms with van der Waals surface area (Å²) in [6.07, 6.45) is 2.71. The van der Waals surface area contributed by atoms with Gasteiger partial charge in [0.15, 0.2) is 5.69 Å². The van der Waals surface area contributed by atoms with E-state index in [1.165, 1.54) is 16.8 Å². The molecule has 0 bridgehead atoms. The number of halogens is 1. The summed E-state index contributed by atoms with van der Waals surface area (Å²) in [5.74, 6) is -0.127. The lowest BCUT2D eigenvalue weighted by molar-refractivity contribution is -0.384. The number of nitrogens with zero attached hydrogens (tertiary/aromatic N) is 5. The Morgan fingerprint density at radius 3 is 2.75 bits per heavy atom. The van der Waals surface area contributed by atoms with Crippen LogP contribution in [0, 0.1) is 17.0 Å². The first kappa shape index (κ1) is 21.8. The molecule has 0 aliphatic carbocycles. The third kappa shape index (κ3) is 4.48. The van der Waals surface area contributed by atoms with Crippen molar-refractivity contribution in [2.24, 2.45) is 0 Å². The zero-order chi connectivity index (χ0) is 19.4. The summed E-state index contributed by atoms with van der Waals surface area (Å²) < 4.78 is 1.48. The third-order valence-electron chi connectivity index (χ3n) is 4.86. The molecule has 3 rings (SSSR count). The number of aromatic nitrogens is 3. The van der Waals surface area contributed by atoms with E-state index in [4.69, 9.17) is 0 Å². The van der Waals surface area contributed by atoms with Crippen LogP contribution in [0.1, 0.15) is 42.4 Å².